The lowest BCUT2D eigenvalue weighted by Crippen LogP contribution is -2.15. The Kier molecular flexibility index (Phi) is 5.10. The SMILES string of the molecule is CCc1cc(=O)n2nc(NCc3ccc(CN(C)C)c(F)c3)sc2n1. The van der Waals surface area contributed by atoms with Crippen LogP contribution >= 0.6 is 11.3 Å². The van der Waals surface area contributed by atoms with E-state index in [2.05, 4.69) is 15.4 Å². The summed E-state index contributed by atoms with van der Waals surface area (Å²) in [6.45, 7) is 2.94. The maximum absolute atomic E-state index is 14.1. The highest BCUT2D eigenvalue weighted by atomic mass is 32.1. The first-order valence-corrected chi connectivity index (χ1v) is 8.83. The second-order valence-electron chi connectivity index (χ2n) is 6.06. The molecule has 6 nitrogen and oxygen atoms in total. The average molecular weight is 361 g/mol. The van der Waals surface area contributed by atoms with Crippen molar-refractivity contribution in [3.05, 3.63) is 57.3 Å². The number of benzene rings is 1. The lowest BCUT2D eigenvalue weighted by molar-refractivity contribution is 0.392. The fraction of sp³-hybridized carbons (Fsp3) is 0.353. The molecular weight excluding hydrogens is 341 g/mol. The minimum absolute atomic E-state index is 0.190. The molecule has 2 heterocycles. The Hall–Kier alpha value is -2.32. The molecule has 0 aliphatic carbocycles. The highest BCUT2D eigenvalue weighted by molar-refractivity contribution is 7.20. The summed E-state index contributed by atoms with van der Waals surface area (Å²) in [6, 6.07) is 6.71. The van der Waals surface area contributed by atoms with Gasteiger partial charge < -0.3 is 10.2 Å². The van der Waals surface area contributed by atoms with E-state index in [0.717, 1.165) is 11.3 Å². The van der Waals surface area contributed by atoms with Crippen molar-refractivity contribution < 1.29 is 4.39 Å². The number of hydrogen-bond acceptors (Lipinski definition) is 6. The molecule has 0 aliphatic rings. The molecule has 1 aromatic carbocycles. The molecular formula is C17H20FN5OS. The molecule has 0 atom stereocenters. The molecule has 0 unspecified atom stereocenters. The van der Waals surface area contributed by atoms with Crippen LogP contribution in [0.3, 0.4) is 0 Å². The zero-order valence-corrected chi connectivity index (χ0v) is 15.2. The molecule has 0 spiro atoms. The van der Waals surface area contributed by atoms with Crippen LogP contribution in [0, 0.1) is 5.82 Å². The molecule has 2 aromatic heterocycles. The van der Waals surface area contributed by atoms with Crippen molar-refractivity contribution in [2.45, 2.75) is 26.4 Å². The minimum atomic E-state index is -0.220. The molecule has 0 amide bonds. The fourth-order valence-corrected chi connectivity index (χ4v) is 3.28. The number of hydrogen-bond donors (Lipinski definition) is 1. The van der Waals surface area contributed by atoms with Crippen molar-refractivity contribution in [1.82, 2.24) is 19.5 Å². The zero-order chi connectivity index (χ0) is 18.0. The van der Waals surface area contributed by atoms with Crippen molar-refractivity contribution in [3.63, 3.8) is 0 Å². The van der Waals surface area contributed by atoms with Crippen LogP contribution < -0.4 is 10.9 Å². The number of anilines is 1. The Labute approximate surface area is 148 Å². The van der Waals surface area contributed by atoms with Crippen molar-refractivity contribution in [2.24, 2.45) is 0 Å². The molecule has 0 bridgehead atoms. The molecule has 8 heteroatoms. The third-order valence-corrected chi connectivity index (χ3v) is 4.57. The molecule has 3 rings (SSSR count). The molecule has 0 saturated heterocycles. The molecule has 0 saturated carbocycles. The Morgan fingerprint density at radius 3 is 2.80 bits per heavy atom. The van der Waals surface area contributed by atoms with Gasteiger partial charge in [-0.15, -0.1) is 5.10 Å². The predicted molar refractivity (Wildman–Crippen MR) is 97.6 cm³/mol. The second kappa shape index (κ2) is 7.28. The predicted octanol–water partition coefficient (Wildman–Crippen LogP) is 2.53. The van der Waals surface area contributed by atoms with Gasteiger partial charge in [-0.25, -0.2) is 9.37 Å². The van der Waals surface area contributed by atoms with Crippen LogP contribution in [0.4, 0.5) is 9.52 Å². The Morgan fingerprint density at radius 1 is 1.32 bits per heavy atom. The summed E-state index contributed by atoms with van der Waals surface area (Å²) in [7, 11) is 3.81. The summed E-state index contributed by atoms with van der Waals surface area (Å²) in [6.07, 6.45) is 0.699. The van der Waals surface area contributed by atoms with Crippen molar-refractivity contribution in [1.29, 1.82) is 0 Å². The van der Waals surface area contributed by atoms with E-state index >= 15 is 0 Å². The Morgan fingerprint density at radius 2 is 2.12 bits per heavy atom. The third kappa shape index (κ3) is 4.02. The lowest BCUT2D eigenvalue weighted by atomic mass is 10.1. The first-order chi connectivity index (χ1) is 12.0. The fourth-order valence-electron chi connectivity index (χ4n) is 2.46. The van der Waals surface area contributed by atoms with Gasteiger partial charge in [-0.2, -0.15) is 4.52 Å². The van der Waals surface area contributed by atoms with Gasteiger partial charge in [0, 0.05) is 30.4 Å². The molecule has 0 aliphatic heterocycles. The molecule has 0 fully saturated rings. The number of nitrogens with one attached hydrogen (secondary N) is 1. The van der Waals surface area contributed by atoms with Gasteiger partial charge in [-0.1, -0.05) is 30.4 Å². The Bertz CT molecular complexity index is 950. The summed E-state index contributed by atoms with van der Waals surface area (Å²) in [5.74, 6) is -0.220. The number of aryl methyl sites for hydroxylation is 1. The van der Waals surface area contributed by atoms with Gasteiger partial charge in [-0.3, -0.25) is 4.79 Å². The van der Waals surface area contributed by atoms with E-state index in [1.54, 1.807) is 6.07 Å². The quantitative estimate of drug-likeness (QED) is 0.731. The number of aromatic nitrogens is 3. The van der Waals surface area contributed by atoms with Crippen LogP contribution in [0.5, 0.6) is 0 Å². The Balaban J connectivity index is 1.75. The summed E-state index contributed by atoms with van der Waals surface area (Å²) in [5, 5.41) is 7.94. The van der Waals surface area contributed by atoms with E-state index in [-0.39, 0.29) is 11.4 Å². The number of fused-ring (bicyclic) bond motifs is 1. The highest BCUT2D eigenvalue weighted by Gasteiger charge is 2.09. The van der Waals surface area contributed by atoms with Gasteiger partial charge in [-0.05, 0) is 32.1 Å². The molecule has 25 heavy (non-hydrogen) atoms. The smallest absolute Gasteiger partial charge is 0.275 e. The minimum Gasteiger partial charge on any atom is -0.356 e. The number of rotatable bonds is 6. The van der Waals surface area contributed by atoms with Gasteiger partial charge in [0.05, 0.1) is 0 Å². The van der Waals surface area contributed by atoms with Crippen molar-refractivity contribution in [2.75, 3.05) is 19.4 Å². The molecule has 0 radical (unpaired) electrons. The molecule has 3 aromatic rings. The molecule has 1 N–H and O–H groups in total. The lowest BCUT2D eigenvalue weighted by Gasteiger charge is -2.11. The third-order valence-electron chi connectivity index (χ3n) is 3.71. The van der Waals surface area contributed by atoms with E-state index in [9.17, 15) is 9.18 Å². The van der Waals surface area contributed by atoms with E-state index in [1.165, 1.54) is 28.0 Å². The maximum Gasteiger partial charge on any atom is 0.275 e. The van der Waals surface area contributed by atoms with Crippen LogP contribution in [0.15, 0.2) is 29.1 Å². The highest BCUT2D eigenvalue weighted by Crippen LogP contribution is 2.18. The first-order valence-electron chi connectivity index (χ1n) is 8.02. The van der Waals surface area contributed by atoms with Crippen LogP contribution in [0.2, 0.25) is 0 Å². The monoisotopic (exact) mass is 361 g/mol. The summed E-state index contributed by atoms with van der Waals surface area (Å²) in [5.41, 5.74) is 2.04. The van der Waals surface area contributed by atoms with Crippen molar-refractivity contribution in [3.8, 4) is 0 Å². The molecule has 132 valence electrons. The van der Waals surface area contributed by atoms with Crippen LogP contribution in [-0.2, 0) is 19.5 Å². The summed E-state index contributed by atoms with van der Waals surface area (Å²) >= 11 is 1.31. The zero-order valence-electron chi connectivity index (χ0n) is 14.4. The van der Waals surface area contributed by atoms with E-state index < -0.39 is 0 Å². The average Bonchev–Trinajstić information content (AvgIpc) is 2.98. The van der Waals surface area contributed by atoms with Gasteiger partial charge in [0.25, 0.3) is 5.56 Å². The summed E-state index contributed by atoms with van der Waals surface area (Å²) < 4.78 is 15.4. The van der Waals surface area contributed by atoms with E-state index in [4.69, 9.17) is 0 Å². The first kappa shape index (κ1) is 17.5. The maximum atomic E-state index is 14.1. The number of nitrogens with zero attached hydrogens (tertiary/aromatic N) is 4. The largest absolute Gasteiger partial charge is 0.356 e. The van der Waals surface area contributed by atoms with Crippen LogP contribution in [0.1, 0.15) is 23.7 Å². The number of halogens is 1. The normalized spacial score (nSPS) is 11.4. The van der Waals surface area contributed by atoms with Gasteiger partial charge in [0.15, 0.2) is 0 Å². The van der Waals surface area contributed by atoms with Crippen LogP contribution in [0.25, 0.3) is 4.96 Å². The van der Waals surface area contributed by atoms with E-state index in [1.807, 2.05) is 32.0 Å². The summed E-state index contributed by atoms with van der Waals surface area (Å²) in [4.78, 5) is 18.9. The van der Waals surface area contributed by atoms with Gasteiger partial charge in [0.1, 0.15) is 5.82 Å². The second-order valence-corrected chi connectivity index (χ2v) is 7.01. The van der Waals surface area contributed by atoms with Gasteiger partial charge >= 0.3 is 0 Å². The topological polar surface area (TPSA) is 62.5 Å². The van der Waals surface area contributed by atoms with Crippen molar-refractivity contribution >= 4 is 21.4 Å². The van der Waals surface area contributed by atoms with E-state index in [0.29, 0.717) is 35.2 Å². The van der Waals surface area contributed by atoms with Gasteiger partial charge in [0.2, 0.25) is 10.1 Å². The van der Waals surface area contributed by atoms with Crippen LogP contribution in [-0.4, -0.2) is 33.6 Å². The standard InChI is InChI=1S/C17H20FN5OS/c1-4-13-8-15(24)23-17(20-13)25-16(21-23)19-9-11-5-6-12(10-22(2)3)14(18)7-11/h5-8H,4,9-10H2,1-3H3,(H,19,21).